The van der Waals surface area contributed by atoms with Crippen molar-refractivity contribution in [2.75, 3.05) is 32.7 Å². The highest BCUT2D eigenvalue weighted by atomic mass is 15.4. The summed E-state index contributed by atoms with van der Waals surface area (Å²) in [6, 6.07) is 0. The van der Waals surface area contributed by atoms with E-state index in [2.05, 4.69) is 61.3 Å². The third-order valence-electron chi connectivity index (χ3n) is 4.06. The number of piperazine rings is 1. The quantitative estimate of drug-likeness (QED) is 0.905. The van der Waals surface area contributed by atoms with E-state index in [9.17, 15) is 0 Å². The molecule has 1 aromatic heterocycles. The van der Waals surface area contributed by atoms with E-state index < -0.39 is 0 Å². The number of hydrogen-bond acceptors (Lipinski definition) is 4. The van der Waals surface area contributed by atoms with Crippen molar-refractivity contribution in [3.63, 3.8) is 0 Å². The van der Waals surface area contributed by atoms with Crippen molar-refractivity contribution in [3.05, 3.63) is 11.9 Å². The first-order chi connectivity index (χ1) is 10.8. The molecule has 0 amide bonds. The van der Waals surface area contributed by atoms with E-state index in [1.807, 2.05) is 18.5 Å². The molecule has 1 N–H and O–H groups in total. The molecule has 0 atom stereocenters. The molecule has 1 fully saturated rings. The van der Waals surface area contributed by atoms with Crippen molar-refractivity contribution < 1.29 is 0 Å². The Bertz CT molecular complexity index is 439. The molecule has 2 heterocycles. The fourth-order valence-corrected chi connectivity index (χ4v) is 3.31. The fourth-order valence-electron chi connectivity index (χ4n) is 3.31. The van der Waals surface area contributed by atoms with E-state index in [1.54, 1.807) is 0 Å². The highest BCUT2D eigenvalue weighted by Gasteiger charge is 2.29. The van der Waals surface area contributed by atoms with Gasteiger partial charge >= 0.3 is 0 Å². The molecule has 0 radical (unpaired) electrons. The van der Waals surface area contributed by atoms with Crippen LogP contribution in [-0.2, 0) is 12.0 Å². The van der Waals surface area contributed by atoms with Crippen LogP contribution in [0.15, 0.2) is 6.20 Å². The van der Waals surface area contributed by atoms with Gasteiger partial charge in [-0.2, -0.15) is 0 Å². The SMILES string of the molecule is CC.CC(C)(C)CC(C)(C)c1cn(CCN2CCNCC2)nn1. The molecular weight excluding hydrogens is 286 g/mol. The molecule has 1 aliphatic heterocycles. The molecule has 1 saturated heterocycles. The minimum Gasteiger partial charge on any atom is -0.314 e. The summed E-state index contributed by atoms with van der Waals surface area (Å²) in [5.41, 5.74) is 1.48. The maximum absolute atomic E-state index is 4.42. The van der Waals surface area contributed by atoms with Gasteiger partial charge in [0.2, 0.25) is 0 Å². The molecule has 134 valence electrons. The van der Waals surface area contributed by atoms with E-state index in [0.717, 1.165) is 51.4 Å². The number of rotatable bonds is 5. The van der Waals surface area contributed by atoms with Gasteiger partial charge in [0, 0.05) is 44.3 Å². The fraction of sp³-hybridized carbons (Fsp3) is 0.889. The second-order valence-electron chi connectivity index (χ2n) is 8.08. The lowest BCUT2D eigenvalue weighted by Crippen LogP contribution is -2.44. The Morgan fingerprint density at radius 1 is 1.04 bits per heavy atom. The minimum absolute atomic E-state index is 0.0749. The van der Waals surface area contributed by atoms with Crippen LogP contribution in [0.3, 0.4) is 0 Å². The van der Waals surface area contributed by atoms with Crippen molar-refractivity contribution in [1.29, 1.82) is 0 Å². The molecule has 0 aromatic carbocycles. The lowest BCUT2D eigenvalue weighted by Gasteiger charge is -2.30. The Hall–Kier alpha value is -0.940. The Labute approximate surface area is 142 Å². The zero-order chi connectivity index (χ0) is 17.5. The predicted molar refractivity (Wildman–Crippen MR) is 97.8 cm³/mol. The molecule has 2 rings (SSSR count). The third-order valence-corrected chi connectivity index (χ3v) is 4.06. The van der Waals surface area contributed by atoms with Gasteiger partial charge in [-0.3, -0.25) is 9.58 Å². The van der Waals surface area contributed by atoms with Gasteiger partial charge in [0.25, 0.3) is 0 Å². The number of aromatic nitrogens is 3. The summed E-state index contributed by atoms with van der Waals surface area (Å²) in [5.74, 6) is 0. The molecule has 23 heavy (non-hydrogen) atoms. The Morgan fingerprint density at radius 2 is 1.65 bits per heavy atom. The molecule has 5 nitrogen and oxygen atoms in total. The second kappa shape index (κ2) is 8.78. The first-order valence-corrected chi connectivity index (χ1v) is 9.10. The van der Waals surface area contributed by atoms with E-state index in [0.29, 0.717) is 5.41 Å². The molecule has 1 aliphatic rings. The van der Waals surface area contributed by atoms with Crippen LogP contribution in [0.25, 0.3) is 0 Å². The lowest BCUT2D eigenvalue weighted by atomic mass is 9.75. The Balaban J connectivity index is 0.00000127. The number of nitrogens with one attached hydrogen (secondary N) is 1. The van der Waals surface area contributed by atoms with Crippen LogP contribution in [0.2, 0.25) is 0 Å². The standard InChI is InChI=1S/C16H31N5.C2H6/c1-15(2,3)13-16(4,5)14-12-21(19-18-14)11-10-20-8-6-17-7-9-20;1-2/h12,17H,6-11,13H2,1-5H3;1-2H3. The van der Waals surface area contributed by atoms with Crippen molar-refractivity contribution in [3.8, 4) is 0 Å². The smallest absolute Gasteiger partial charge is 0.0883 e. The van der Waals surface area contributed by atoms with Crippen molar-refractivity contribution >= 4 is 0 Å². The summed E-state index contributed by atoms with van der Waals surface area (Å²) < 4.78 is 2.00. The predicted octanol–water partition coefficient (Wildman–Crippen LogP) is 2.92. The summed E-state index contributed by atoms with van der Waals surface area (Å²) in [7, 11) is 0. The Morgan fingerprint density at radius 3 is 2.22 bits per heavy atom. The van der Waals surface area contributed by atoms with Gasteiger partial charge in [-0.05, 0) is 11.8 Å². The summed E-state index contributed by atoms with van der Waals surface area (Å²) in [5, 5.41) is 12.1. The van der Waals surface area contributed by atoms with E-state index in [-0.39, 0.29) is 5.41 Å². The van der Waals surface area contributed by atoms with E-state index in [4.69, 9.17) is 0 Å². The largest absolute Gasteiger partial charge is 0.314 e. The maximum atomic E-state index is 4.42. The molecule has 0 unspecified atom stereocenters. The van der Waals surface area contributed by atoms with Crippen LogP contribution in [0.1, 0.15) is 60.6 Å². The zero-order valence-electron chi connectivity index (χ0n) is 16.3. The lowest BCUT2D eigenvalue weighted by molar-refractivity contribution is 0.228. The highest BCUT2D eigenvalue weighted by molar-refractivity contribution is 5.09. The molecular formula is C18H37N5. The maximum Gasteiger partial charge on any atom is 0.0883 e. The molecule has 0 aliphatic carbocycles. The minimum atomic E-state index is 0.0749. The highest BCUT2D eigenvalue weighted by Crippen LogP contribution is 2.34. The van der Waals surface area contributed by atoms with Crippen molar-refractivity contribution in [2.24, 2.45) is 5.41 Å². The van der Waals surface area contributed by atoms with Gasteiger partial charge in [0.15, 0.2) is 0 Å². The van der Waals surface area contributed by atoms with Crippen LogP contribution in [0.5, 0.6) is 0 Å². The van der Waals surface area contributed by atoms with Gasteiger partial charge in [-0.1, -0.05) is 53.7 Å². The van der Waals surface area contributed by atoms with Gasteiger partial charge < -0.3 is 5.32 Å². The van der Waals surface area contributed by atoms with Crippen molar-refractivity contribution in [1.82, 2.24) is 25.2 Å². The zero-order valence-corrected chi connectivity index (χ0v) is 16.3. The average Bonchev–Trinajstić information content (AvgIpc) is 2.96. The molecule has 0 spiro atoms. The van der Waals surface area contributed by atoms with E-state index in [1.165, 1.54) is 0 Å². The monoisotopic (exact) mass is 323 g/mol. The molecule has 0 saturated carbocycles. The van der Waals surface area contributed by atoms with Crippen LogP contribution in [0.4, 0.5) is 0 Å². The Kier molecular flexibility index (Phi) is 7.68. The van der Waals surface area contributed by atoms with Crippen LogP contribution < -0.4 is 5.32 Å². The number of hydrogen-bond donors (Lipinski definition) is 1. The number of nitrogens with zero attached hydrogens (tertiary/aromatic N) is 4. The van der Waals surface area contributed by atoms with Gasteiger partial charge in [-0.15, -0.1) is 5.10 Å². The van der Waals surface area contributed by atoms with Crippen LogP contribution in [-0.4, -0.2) is 52.6 Å². The van der Waals surface area contributed by atoms with Crippen molar-refractivity contribution in [2.45, 2.75) is 66.8 Å². The molecule has 5 heteroatoms. The van der Waals surface area contributed by atoms with Gasteiger partial charge in [-0.25, -0.2) is 0 Å². The second-order valence-corrected chi connectivity index (χ2v) is 8.08. The molecule has 0 bridgehead atoms. The topological polar surface area (TPSA) is 46.0 Å². The summed E-state index contributed by atoms with van der Waals surface area (Å²) in [6.07, 6.45) is 3.24. The first-order valence-electron chi connectivity index (χ1n) is 9.10. The van der Waals surface area contributed by atoms with Gasteiger partial charge in [0.05, 0.1) is 12.2 Å². The van der Waals surface area contributed by atoms with Gasteiger partial charge in [0.1, 0.15) is 0 Å². The summed E-state index contributed by atoms with van der Waals surface area (Å²) in [6.45, 7) is 21.8. The summed E-state index contributed by atoms with van der Waals surface area (Å²) in [4.78, 5) is 2.48. The average molecular weight is 324 g/mol. The van der Waals surface area contributed by atoms with Crippen LogP contribution >= 0.6 is 0 Å². The van der Waals surface area contributed by atoms with Crippen LogP contribution in [0, 0.1) is 5.41 Å². The third kappa shape index (κ3) is 7.00. The first kappa shape index (κ1) is 20.1. The molecule has 1 aromatic rings. The summed E-state index contributed by atoms with van der Waals surface area (Å²) >= 11 is 0. The normalized spacial score (nSPS) is 16.8. The van der Waals surface area contributed by atoms with E-state index >= 15 is 0 Å².